The van der Waals surface area contributed by atoms with Crippen LogP contribution >= 0.6 is 11.8 Å². The highest BCUT2D eigenvalue weighted by Crippen LogP contribution is 2.27. The lowest BCUT2D eigenvalue weighted by Gasteiger charge is -2.28. The number of hydrogen-bond donors (Lipinski definition) is 0. The Bertz CT molecular complexity index is 752. The molecule has 0 aliphatic carbocycles. The number of benzene rings is 1. The monoisotopic (exact) mass is 360 g/mol. The Labute approximate surface area is 149 Å². The van der Waals surface area contributed by atoms with Crippen molar-refractivity contribution in [3.8, 4) is 0 Å². The first kappa shape index (κ1) is 17.5. The zero-order valence-corrected chi connectivity index (χ0v) is 14.6. The van der Waals surface area contributed by atoms with E-state index >= 15 is 0 Å². The van der Waals surface area contributed by atoms with E-state index in [0.717, 1.165) is 49.3 Å². The summed E-state index contributed by atoms with van der Waals surface area (Å²) >= 11 is 0.892. The van der Waals surface area contributed by atoms with Gasteiger partial charge in [0.1, 0.15) is 0 Å². The summed E-state index contributed by atoms with van der Waals surface area (Å²) in [6.07, 6.45) is 2.14. The third kappa shape index (κ3) is 4.61. The molecular formula is C17H18N3O4S-. The molecule has 25 heavy (non-hydrogen) atoms. The van der Waals surface area contributed by atoms with Gasteiger partial charge in [-0.3, -0.25) is 0 Å². The van der Waals surface area contributed by atoms with E-state index in [2.05, 4.69) is 15.1 Å². The molecule has 8 heteroatoms. The second-order valence-corrected chi connectivity index (χ2v) is 6.40. The molecule has 1 aliphatic heterocycles. The minimum absolute atomic E-state index is 0.0189. The van der Waals surface area contributed by atoms with E-state index in [1.165, 1.54) is 0 Å². The minimum atomic E-state index is -1.28. The molecule has 0 N–H and O–H groups in total. The zero-order chi connectivity index (χ0) is 17.6. The lowest BCUT2D eigenvalue weighted by atomic mass is 10.1. The van der Waals surface area contributed by atoms with Crippen molar-refractivity contribution in [1.29, 1.82) is 0 Å². The Morgan fingerprint density at radius 3 is 2.60 bits per heavy atom. The molecule has 2 heterocycles. The Morgan fingerprint density at radius 2 is 2.00 bits per heavy atom. The molecule has 3 rings (SSSR count). The summed E-state index contributed by atoms with van der Waals surface area (Å²) in [6, 6.07) is 7.69. The van der Waals surface area contributed by atoms with Gasteiger partial charge in [0, 0.05) is 30.1 Å². The predicted molar refractivity (Wildman–Crippen MR) is 92.0 cm³/mol. The number of carbonyl (C=O) groups is 1. The van der Waals surface area contributed by atoms with Crippen LogP contribution in [0.2, 0.25) is 0 Å². The molecule has 1 saturated heterocycles. The minimum Gasteiger partial charge on any atom is -0.544 e. The summed E-state index contributed by atoms with van der Waals surface area (Å²) in [7, 11) is 0. The van der Waals surface area contributed by atoms with Gasteiger partial charge in [-0.1, -0.05) is 19.1 Å². The number of carbonyl (C=O) groups excluding carboxylic acids is 1. The van der Waals surface area contributed by atoms with E-state index in [1.807, 2.05) is 31.2 Å². The van der Waals surface area contributed by atoms with E-state index in [1.54, 1.807) is 6.08 Å². The SMILES string of the molecule is CCc1nnc(S/C(=C/c2ccc(N3CCOCC3)cc2)C(=O)[O-])o1. The van der Waals surface area contributed by atoms with E-state index in [-0.39, 0.29) is 10.1 Å². The lowest BCUT2D eigenvalue weighted by Crippen LogP contribution is -2.36. The van der Waals surface area contributed by atoms with Crippen LogP contribution in [0.5, 0.6) is 0 Å². The maximum atomic E-state index is 11.4. The summed E-state index contributed by atoms with van der Waals surface area (Å²) in [6.45, 7) is 5.03. The standard InChI is InChI=1S/C17H19N3O4S/c1-2-15-18-19-17(24-15)25-14(16(21)22)11-12-3-5-13(6-4-12)20-7-9-23-10-8-20/h3-6,11H,2,7-10H2,1H3,(H,21,22)/p-1/b14-11+. The van der Waals surface area contributed by atoms with E-state index < -0.39 is 5.97 Å². The Morgan fingerprint density at radius 1 is 1.28 bits per heavy atom. The fourth-order valence-corrected chi connectivity index (χ4v) is 3.09. The Hall–Kier alpha value is -2.32. The van der Waals surface area contributed by atoms with Gasteiger partial charge in [-0.15, -0.1) is 10.2 Å². The van der Waals surface area contributed by atoms with Crippen molar-refractivity contribution in [3.63, 3.8) is 0 Å². The molecule has 1 fully saturated rings. The number of aryl methyl sites for hydroxylation is 1. The van der Waals surface area contributed by atoms with Gasteiger partial charge >= 0.3 is 0 Å². The third-order valence-electron chi connectivity index (χ3n) is 3.72. The molecular weight excluding hydrogens is 342 g/mol. The van der Waals surface area contributed by atoms with E-state index in [4.69, 9.17) is 9.15 Å². The van der Waals surface area contributed by atoms with Crippen molar-refractivity contribution in [2.24, 2.45) is 0 Å². The maximum absolute atomic E-state index is 11.4. The number of nitrogens with zero attached hydrogens (tertiary/aromatic N) is 3. The number of aliphatic carboxylic acids is 1. The van der Waals surface area contributed by atoms with Crippen molar-refractivity contribution < 1.29 is 19.1 Å². The number of rotatable bonds is 6. The number of morpholine rings is 1. The predicted octanol–water partition coefficient (Wildman–Crippen LogP) is 1.35. The number of hydrogen-bond acceptors (Lipinski definition) is 8. The molecule has 7 nitrogen and oxygen atoms in total. The molecule has 1 aliphatic rings. The van der Waals surface area contributed by atoms with Crippen LogP contribution in [0.25, 0.3) is 6.08 Å². The van der Waals surface area contributed by atoms with Gasteiger partial charge in [-0.25, -0.2) is 0 Å². The summed E-state index contributed by atoms with van der Waals surface area (Å²) < 4.78 is 10.7. The van der Waals surface area contributed by atoms with Gasteiger partial charge in [0.2, 0.25) is 5.89 Å². The second kappa shape index (κ2) is 8.17. The van der Waals surface area contributed by atoms with Gasteiger partial charge in [0.05, 0.1) is 19.2 Å². The molecule has 0 bridgehead atoms. The van der Waals surface area contributed by atoms with Crippen LogP contribution in [0.1, 0.15) is 18.4 Å². The van der Waals surface area contributed by atoms with Gasteiger partial charge in [0.25, 0.3) is 5.22 Å². The molecule has 0 atom stereocenters. The van der Waals surface area contributed by atoms with Crippen molar-refractivity contribution in [2.75, 3.05) is 31.2 Å². The maximum Gasteiger partial charge on any atom is 0.281 e. The first-order chi connectivity index (χ1) is 12.2. The smallest absolute Gasteiger partial charge is 0.281 e. The van der Waals surface area contributed by atoms with Crippen molar-refractivity contribution in [2.45, 2.75) is 18.6 Å². The molecule has 0 radical (unpaired) electrons. The average Bonchev–Trinajstić information content (AvgIpc) is 3.10. The van der Waals surface area contributed by atoms with E-state index in [9.17, 15) is 9.90 Å². The summed E-state index contributed by atoms with van der Waals surface area (Å²) in [5, 5.41) is 19.2. The molecule has 0 unspecified atom stereocenters. The fraction of sp³-hybridized carbons (Fsp3) is 0.353. The third-order valence-corrected chi connectivity index (χ3v) is 4.56. The van der Waals surface area contributed by atoms with Gasteiger partial charge in [0.15, 0.2) is 0 Å². The highest BCUT2D eigenvalue weighted by Gasteiger charge is 2.12. The van der Waals surface area contributed by atoms with Crippen LogP contribution in [-0.4, -0.2) is 42.5 Å². The normalized spacial score (nSPS) is 15.4. The largest absolute Gasteiger partial charge is 0.544 e. The number of ether oxygens (including phenoxy) is 1. The molecule has 0 saturated carbocycles. The lowest BCUT2D eigenvalue weighted by molar-refractivity contribution is -0.298. The van der Waals surface area contributed by atoms with Crippen LogP contribution in [-0.2, 0) is 16.0 Å². The summed E-state index contributed by atoms with van der Waals surface area (Å²) in [4.78, 5) is 13.6. The Balaban J connectivity index is 1.74. The van der Waals surface area contributed by atoms with Gasteiger partial charge in [-0.2, -0.15) is 0 Å². The number of aromatic nitrogens is 2. The second-order valence-electron chi connectivity index (χ2n) is 5.40. The molecule has 2 aromatic rings. The van der Waals surface area contributed by atoms with E-state index in [0.29, 0.717) is 12.3 Å². The molecule has 132 valence electrons. The number of carboxylic acid groups (broad SMARTS) is 1. The molecule has 0 spiro atoms. The number of anilines is 1. The topological polar surface area (TPSA) is 91.5 Å². The first-order valence-electron chi connectivity index (χ1n) is 8.01. The molecule has 1 aromatic heterocycles. The van der Waals surface area contributed by atoms with Gasteiger partial charge < -0.3 is 24.0 Å². The van der Waals surface area contributed by atoms with Crippen LogP contribution in [0.4, 0.5) is 5.69 Å². The average molecular weight is 360 g/mol. The highest BCUT2D eigenvalue weighted by molar-refractivity contribution is 8.03. The van der Waals surface area contributed by atoms with Crippen LogP contribution in [0.15, 0.2) is 38.8 Å². The van der Waals surface area contributed by atoms with Crippen molar-refractivity contribution >= 4 is 29.5 Å². The number of thioether (sulfide) groups is 1. The van der Waals surface area contributed by atoms with Crippen molar-refractivity contribution in [1.82, 2.24) is 10.2 Å². The van der Waals surface area contributed by atoms with Crippen LogP contribution in [0, 0.1) is 0 Å². The zero-order valence-electron chi connectivity index (χ0n) is 13.8. The van der Waals surface area contributed by atoms with Crippen LogP contribution in [0.3, 0.4) is 0 Å². The van der Waals surface area contributed by atoms with Crippen LogP contribution < -0.4 is 10.0 Å². The fourth-order valence-electron chi connectivity index (χ4n) is 2.40. The molecule has 0 amide bonds. The summed E-state index contributed by atoms with van der Waals surface area (Å²) in [5.74, 6) is -0.812. The van der Waals surface area contributed by atoms with Crippen molar-refractivity contribution in [3.05, 3.63) is 40.6 Å². The number of carboxylic acids is 1. The van der Waals surface area contributed by atoms with Gasteiger partial charge in [-0.05, 0) is 35.5 Å². The highest BCUT2D eigenvalue weighted by atomic mass is 32.2. The quantitative estimate of drug-likeness (QED) is 0.563. The first-order valence-corrected chi connectivity index (χ1v) is 8.83. The summed E-state index contributed by atoms with van der Waals surface area (Å²) in [5.41, 5.74) is 1.85. The Kier molecular flexibility index (Phi) is 5.72. The molecule has 1 aromatic carbocycles.